The first-order chi connectivity index (χ1) is 12.0. The van der Waals surface area contributed by atoms with Gasteiger partial charge in [-0.2, -0.15) is 0 Å². The van der Waals surface area contributed by atoms with Crippen molar-refractivity contribution in [3.05, 3.63) is 59.1 Å². The number of halogens is 1. The highest BCUT2D eigenvalue weighted by Gasteiger charge is 2.11. The van der Waals surface area contributed by atoms with E-state index in [-0.39, 0.29) is 18.6 Å². The Morgan fingerprint density at radius 3 is 2.52 bits per heavy atom. The standard InChI is InChI=1S/C19H23ClN2O3/c1-13(18-5-3-4-6-19(18)20)21-11-16(24)12-25-17-9-7-15(8-10-17)22-14(2)23/h3-10,13,16,21,24H,11-12H2,1-2H3,(H,22,23). The molecule has 0 aliphatic carbocycles. The molecule has 2 aromatic rings. The van der Waals surface area contributed by atoms with E-state index in [2.05, 4.69) is 10.6 Å². The van der Waals surface area contributed by atoms with Crippen molar-refractivity contribution >= 4 is 23.2 Å². The van der Waals surface area contributed by atoms with E-state index >= 15 is 0 Å². The normalized spacial score (nSPS) is 13.1. The van der Waals surface area contributed by atoms with E-state index in [0.717, 1.165) is 5.56 Å². The third-order valence-corrected chi connectivity index (χ3v) is 3.99. The van der Waals surface area contributed by atoms with E-state index < -0.39 is 6.10 Å². The van der Waals surface area contributed by atoms with Crippen LogP contribution in [-0.2, 0) is 4.79 Å². The molecular weight excluding hydrogens is 340 g/mol. The van der Waals surface area contributed by atoms with Gasteiger partial charge in [-0.3, -0.25) is 4.79 Å². The van der Waals surface area contributed by atoms with Gasteiger partial charge in [-0.25, -0.2) is 0 Å². The van der Waals surface area contributed by atoms with Crippen LogP contribution in [0.3, 0.4) is 0 Å². The van der Waals surface area contributed by atoms with Crippen molar-refractivity contribution in [1.29, 1.82) is 0 Å². The van der Waals surface area contributed by atoms with Gasteiger partial charge in [-0.05, 0) is 42.8 Å². The van der Waals surface area contributed by atoms with Crippen molar-refractivity contribution in [2.75, 3.05) is 18.5 Å². The summed E-state index contributed by atoms with van der Waals surface area (Å²) < 4.78 is 5.56. The zero-order chi connectivity index (χ0) is 18.2. The molecule has 5 nitrogen and oxygen atoms in total. The van der Waals surface area contributed by atoms with Crippen LogP contribution in [-0.4, -0.2) is 30.3 Å². The van der Waals surface area contributed by atoms with Gasteiger partial charge < -0.3 is 20.5 Å². The van der Waals surface area contributed by atoms with Gasteiger partial charge in [0.15, 0.2) is 0 Å². The Kier molecular flexibility index (Phi) is 7.25. The molecule has 0 radical (unpaired) electrons. The predicted octanol–water partition coefficient (Wildman–Crippen LogP) is 3.39. The molecule has 0 aromatic heterocycles. The van der Waals surface area contributed by atoms with Gasteiger partial charge in [0, 0.05) is 30.2 Å². The van der Waals surface area contributed by atoms with Crippen LogP contribution in [0.2, 0.25) is 5.02 Å². The first-order valence-corrected chi connectivity index (χ1v) is 8.50. The summed E-state index contributed by atoms with van der Waals surface area (Å²) in [4.78, 5) is 11.0. The lowest BCUT2D eigenvalue weighted by Gasteiger charge is -2.19. The number of hydrogen-bond donors (Lipinski definition) is 3. The summed E-state index contributed by atoms with van der Waals surface area (Å²) in [6.07, 6.45) is -0.653. The number of aliphatic hydroxyl groups excluding tert-OH is 1. The number of amides is 1. The van der Waals surface area contributed by atoms with Crippen LogP contribution >= 0.6 is 11.6 Å². The highest BCUT2D eigenvalue weighted by Crippen LogP contribution is 2.22. The van der Waals surface area contributed by atoms with Crippen molar-refractivity contribution in [3.8, 4) is 5.75 Å². The number of ether oxygens (including phenoxy) is 1. The summed E-state index contributed by atoms with van der Waals surface area (Å²) in [5, 5.41) is 16.7. The molecule has 0 spiro atoms. The third kappa shape index (κ3) is 6.38. The molecule has 25 heavy (non-hydrogen) atoms. The Labute approximate surface area is 153 Å². The first kappa shape index (κ1) is 19.2. The van der Waals surface area contributed by atoms with E-state index in [1.807, 2.05) is 31.2 Å². The smallest absolute Gasteiger partial charge is 0.221 e. The molecule has 0 saturated heterocycles. The minimum absolute atomic E-state index is 0.0280. The van der Waals surface area contributed by atoms with Crippen LogP contribution in [0.15, 0.2) is 48.5 Å². The van der Waals surface area contributed by atoms with Gasteiger partial charge in [0.05, 0.1) is 0 Å². The molecule has 0 aliphatic heterocycles. The van der Waals surface area contributed by atoms with E-state index in [4.69, 9.17) is 16.3 Å². The summed E-state index contributed by atoms with van der Waals surface area (Å²) in [5.41, 5.74) is 1.70. The van der Waals surface area contributed by atoms with Crippen LogP contribution < -0.4 is 15.4 Å². The molecule has 0 bridgehead atoms. The third-order valence-electron chi connectivity index (χ3n) is 3.65. The van der Waals surface area contributed by atoms with Gasteiger partial charge in [0.2, 0.25) is 5.91 Å². The second kappa shape index (κ2) is 9.42. The molecule has 0 fully saturated rings. The number of hydrogen-bond acceptors (Lipinski definition) is 4. The van der Waals surface area contributed by atoms with Crippen molar-refractivity contribution < 1.29 is 14.6 Å². The van der Waals surface area contributed by atoms with Crippen molar-refractivity contribution in [2.24, 2.45) is 0 Å². The Morgan fingerprint density at radius 1 is 1.20 bits per heavy atom. The topological polar surface area (TPSA) is 70.6 Å². The second-order valence-corrected chi connectivity index (χ2v) is 6.23. The molecule has 0 aliphatic rings. The number of carbonyl (C=O) groups excluding carboxylic acids is 1. The molecular formula is C19H23ClN2O3. The fraction of sp³-hybridized carbons (Fsp3) is 0.316. The lowest BCUT2D eigenvalue weighted by Crippen LogP contribution is -2.33. The minimum Gasteiger partial charge on any atom is -0.491 e. The molecule has 0 saturated carbocycles. The Balaban J connectivity index is 1.76. The van der Waals surface area contributed by atoms with Gasteiger partial charge in [-0.15, -0.1) is 0 Å². The number of rotatable bonds is 8. The van der Waals surface area contributed by atoms with Crippen LogP contribution in [0.5, 0.6) is 5.75 Å². The number of carbonyl (C=O) groups is 1. The van der Waals surface area contributed by atoms with Gasteiger partial charge >= 0.3 is 0 Å². The maximum atomic E-state index is 11.0. The zero-order valence-corrected chi connectivity index (χ0v) is 15.1. The van der Waals surface area contributed by atoms with Crippen LogP contribution in [0, 0.1) is 0 Å². The van der Waals surface area contributed by atoms with E-state index in [1.54, 1.807) is 24.3 Å². The Morgan fingerprint density at radius 2 is 1.88 bits per heavy atom. The zero-order valence-electron chi connectivity index (χ0n) is 14.3. The number of nitrogens with one attached hydrogen (secondary N) is 2. The fourth-order valence-corrected chi connectivity index (χ4v) is 2.64. The van der Waals surface area contributed by atoms with Crippen molar-refractivity contribution in [2.45, 2.75) is 26.0 Å². The van der Waals surface area contributed by atoms with Crippen molar-refractivity contribution in [3.63, 3.8) is 0 Å². The minimum atomic E-state index is -0.653. The Hall–Kier alpha value is -2.08. The van der Waals surface area contributed by atoms with E-state index in [1.165, 1.54) is 6.92 Å². The van der Waals surface area contributed by atoms with Gasteiger partial charge in [0.25, 0.3) is 0 Å². The van der Waals surface area contributed by atoms with Gasteiger partial charge in [0.1, 0.15) is 18.5 Å². The highest BCUT2D eigenvalue weighted by atomic mass is 35.5. The largest absolute Gasteiger partial charge is 0.491 e. The number of anilines is 1. The number of benzene rings is 2. The molecule has 3 N–H and O–H groups in total. The summed E-state index contributed by atoms with van der Waals surface area (Å²) in [7, 11) is 0. The molecule has 2 aromatic carbocycles. The predicted molar refractivity (Wildman–Crippen MR) is 100 cm³/mol. The highest BCUT2D eigenvalue weighted by molar-refractivity contribution is 6.31. The summed E-state index contributed by atoms with van der Waals surface area (Å²) in [6, 6.07) is 14.7. The molecule has 2 atom stereocenters. The van der Waals surface area contributed by atoms with Crippen LogP contribution in [0.1, 0.15) is 25.5 Å². The molecule has 1 amide bonds. The number of aliphatic hydroxyl groups is 1. The average molecular weight is 363 g/mol. The average Bonchev–Trinajstić information content (AvgIpc) is 2.59. The monoisotopic (exact) mass is 362 g/mol. The summed E-state index contributed by atoms with van der Waals surface area (Å²) in [5.74, 6) is 0.509. The molecule has 0 heterocycles. The Bertz CT molecular complexity index is 691. The second-order valence-electron chi connectivity index (χ2n) is 5.82. The quantitative estimate of drug-likeness (QED) is 0.673. The van der Waals surface area contributed by atoms with E-state index in [0.29, 0.717) is 23.0 Å². The maximum absolute atomic E-state index is 11.0. The summed E-state index contributed by atoms with van der Waals surface area (Å²) in [6.45, 7) is 4.00. The first-order valence-electron chi connectivity index (χ1n) is 8.12. The van der Waals surface area contributed by atoms with Crippen LogP contribution in [0.4, 0.5) is 5.69 Å². The molecule has 2 rings (SSSR count). The van der Waals surface area contributed by atoms with Gasteiger partial charge in [-0.1, -0.05) is 29.8 Å². The summed E-state index contributed by atoms with van der Waals surface area (Å²) >= 11 is 6.17. The van der Waals surface area contributed by atoms with Crippen LogP contribution in [0.25, 0.3) is 0 Å². The lowest BCUT2D eigenvalue weighted by molar-refractivity contribution is -0.114. The molecule has 6 heteroatoms. The van der Waals surface area contributed by atoms with E-state index in [9.17, 15) is 9.90 Å². The van der Waals surface area contributed by atoms with Crippen molar-refractivity contribution in [1.82, 2.24) is 5.32 Å². The lowest BCUT2D eigenvalue weighted by atomic mass is 10.1. The maximum Gasteiger partial charge on any atom is 0.221 e. The SMILES string of the molecule is CC(=O)Nc1ccc(OCC(O)CNC(C)c2ccccc2Cl)cc1. The molecule has 2 unspecified atom stereocenters. The molecule has 134 valence electrons. The fourth-order valence-electron chi connectivity index (χ4n) is 2.34.